The van der Waals surface area contributed by atoms with Gasteiger partial charge in [-0.05, 0) is 91.9 Å². The molecule has 0 saturated heterocycles. The third-order valence-corrected chi connectivity index (χ3v) is 5.72. The highest BCUT2D eigenvalue weighted by molar-refractivity contribution is 14.1. The van der Waals surface area contributed by atoms with Gasteiger partial charge in [0, 0.05) is 39.7 Å². The van der Waals surface area contributed by atoms with Crippen molar-refractivity contribution in [3.05, 3.63) is 87.8 Å². The van der Waals surface area contributed by atoms with E-state index in [9.17, 15) is 9.59 Å². The van der Waals surface area contributed by atoms with Crippen molar-refractivity contribution in [2.75, 3.05) is 11.9 Å². The lowest BCUT2D eigenvalue weighted by molar-refractivity contribution is 0.102. The van der Waals surface area contributed by atoms with Gasteiger partial charge in [-0.3, -0.25) is 9.78 Å². The van der Waals surface area contributed by atoms with E-state index < -0.39 is 11.6 Å². The molecule has 2 amide bonds. The van der Waals surface area contributed by atoms with Gasteiger partial charge in [0.1, 0.15) is 5.75 Å². The third-order valence-electron chi connectivity index (χ3n) is 4.78. The second kappa shape index (κ2) is 10.6. The van der Waals surface area contributed by atoms with Crippen LogP contribution in [-0.2, 0) is 6.42 Å². The normalized spacial score (nSPS) is 11.0. The molecule has 0 spiro atoms. The minimum atomic E-state index is -0.427. The first-order chi connectivity index (χ1) is 15.2. The summed E-state index contributed by atoms with van der Waals surface area (Å²) in [5.41, 5.74) is 1.74. The predicted octanol–water partition coefficient (Wildman–Crippen LogP) is 5.78. The first kappa shape index (κ1) is 23.7. The summed E-state index contributed by atoms with van der Waals surface area (Å²) in [5.74, 6) is 0.225. The lowest BCUT2D eigenvalue weighted by atomic mass is 10.1. The van der Waals surface area contributed by atoms with Crippen molar-refractivity contribution in [2.45, 2.75) is 32.7 Å². The number of nitrogens with zero attached hydrogens (tertiary/aromatic N) is 2. The fraction of sp³-hybridized carbons (Fsp3) is 0.240. The number of nitrogens with one attached hydrogen (secondary N) is 1. The summed E-state index contributed by atoms with van der Waals surface area (Å²) in [6.45, 7) is 6.39. The molecule has 1 aromatic heterocycles. The van der Waals surface area contributed by atoms with Gasteiger partial charge in [0.25, 0.3) is 5.91 Å². The summed E-state index contributed by atoms with van der Waals surface area (Å²) in [7, 11) is 0. The average Bonchev–Trinajstić information content (AvgIpc) is 2.75. The van der Waals surface area contributed by atoms with Gasteiger partial charge >= 0.3 is 6.09 Å². The molecule has 1 N–H and O–H groups in total. The highest BCUT2D eigenvalue weighted by Gasteiger charge is 2.28. The Kier molecular flexibility index (Phi) is 7.84. The molecule has 0 bridgehead atoms. The lowest BCUT2D eigenvalue weighted by Gasteiger charge is -2.34. The molecule has 0 aliphatic rings. The fourth-order valence-corrected chi connectivity index (χ4v) is 3.71. The van der Waals surface area contributed by atoms with Gasteiger partial charge in [-0.2, -0.15) is 0 Å². The van der Waals surface area contributed by atoms with Crippen LogP contribution < -0.4 is 10.1 Å². The Bertz CT molecular complexity index is 1060. The topological polar surface area (TPSA) is 71.5 Å². The van der Waals surface area contributed by atoms with Crippen LogP contribution in [0.3, 0.4) is 0 Å². The molecule has 0 saturated carbocycles. The Balaban J connectivity index is 1.63. The van der Waals surface area contributed by atoms with Crippen LogP contribution in [0.2, 0.25) is 0 Å². The summed E-state index contributed by atoms with van der Waals surface area (Å²) in [6.07, 6.45) is 1.95. The van der Waals surface area contributed by atoms with Crippen molar-refractivity contribution in [1.29, 1.82) is 0 Å². The van der Waals surface area contributed by atoms with E-state index >= 15 is 0 Å². The minimum absolute atomic E-state index is 0.187. The molecule has 3 aromatic rings. The Labute approximate surface area is 202 Å². The van der Waals surface area contributed by atoms with Crippen molar-refractivity contribution in [3.8, 4) is 5.75 Å². The van der Waals surface area contributed by atoms with Gasteiger partial charge in [0.2, 0.25) is 0 Å². The molecular formula is C25H26IN3O3. The Morgan fingerprint density at radius 1 is 1.00 bits per heavy atom. The molecule has 0 atom stereocenters. The number of carbonyl (C=O) groups excluding carboxylic acids is 2. The molecule has 166 valence electrons. The number of pyridine rings is 1. The number of aromatic nitrogens is 1. The van der Waals surface area contributed by atoms with Crippen LogP contribution in [-0.4, -0.2) is 34.0 Å². The molecule has 0 fully saturated rings. The van der Waals surface area contributed by atoms with Gasteiger partial charge in [-0.15, -0.1) is 0 Å². The zero-order chi connectivity index (χ0) is 23.1. The predicted molar refractivity (Wildman–Crippen MR) is 134 cm³/mol. The van der Waals surface area contributed by atoms with Crippen LogP contribution in [0.15, 0.2) is 72.9 Å². The quantitative estimate of drug-likeness (QED) is 0.400. The third kappa shape index (κ3) is 6.53. The number of ether oxygens (including phenoxy) is 1. The number of hydrogen-bond donors (Lipinski definition) is 1. The largest absolute Gasteiger partial charge is 0.415 e. The smallest absolute Gasteiger partial charge is 0.410 e. The van der Waals surface area contributed by atoms with Crippen molar-refractivity contribution in [1.82, 2.24) is 9.88 Å². The average molecular weight is 543 g/mol. The SMILES string of the molecule is CC(C)(C)N(CCc1ccccn1)C(=O)Oc1ccc(NC(=O)c2ccccc2I)cc1. The molecular weight excluding hydrogens is 517 g/mol. The molecule has 7 heteroatoms. The van der Waals surface area contributed by atoms with Crippen LogP contribution >= 0.6 is 22.6 Å². The molecule has 32 heavy (non-hydrogen) atoms. The van der Waals surface area contributed by atoms with Crippen molar-refractivity contribution < 1.29 is 14.3 Å². The van der Waals surface area contributed by atoms with E-state index in [4.69, 9.17) is 4.74 Å². The van der Waals surface area contributed by atoms with Crippen LogP contribution in [0.1, 0.15) is 36.8 Å². The highest BCUT2D eigenvalue weighted by atomic mass is 127. The van der Waals surface area contributed by atoms with E-state index in [-0.39, 0.29) is 5.91 Å². The van der Waals surface area contributed by atoms with E-state index in [0.29, 0.717) is 30.0 Å². The van der Waals surface area contributed by atoms with Gasteiger partial charge in [-0.1, -0.05) is 18.2 Å². The number of halogens is 1. The van der Waals surface area contributed by atoms with Crippen LogP contribution in [0.5, 0.6) is 5.75 Å². The van der Waals surface area contributed by atoms with Crippen LogP contribution in [0, 0.1) is 3.57 Å². The van der Waals surface area contributed by atoms with E-state index in [1.54, 1.807) is 41.4 Å². The Morgan fingerprint density at radius 2 is 1.69 bits per heavy atom. The zero-order valence-corrected chi connectivity index (χ0v) is 20.5. The number of carbonyl (C=O) groups is 2. The second-order valence-electron chi connectivity index (χ2n) is 8.22. The maximum absolute atomic E-state index is 12.9. The van der Waals surface area contributed by atoms with Gasteiger partial charge in [0.15, 0.2) is 0 Å². The first-order valence-corrected chi connectivity index (χ1v) is 11.4. The molecule has 0 aliphatic heterocycles. The molecule has 0 unspecified atom stereocenters. The standard InChI is InChI=1S/C25H26IN3O3/c1-25(2,3)29(17-15-18-8-6-7-16-27-18)24(31)32-20-13-11-19(12-14-20)28-23(30)21-9-4-5-10-22(21)26/h4-14,16H,15,17H2,1-3H3,(H,28,30). The van der Waals surface area contributed by atoms with Gasteiger partial charge in [0.05, 0.1) is 5.56 Å². The number of anilines is 1. The number of rotatable bonds is 6. The summed E-state index contributed by atoms with van der Waals surface area (Å²) in [4.78, 5) is 31.4. The summed E-state index contributed by atoms with van der Waals surface area (Å²) < 4.78 is 6.48. The lowest BCUT2D eigenvalue weighted by Crippen LogP contribution is -2.48. The maximum atomic E-state index is 12.9. The second-order valence-corrected chi connectivity index (χ2v) is 9.38. The van der Waals surface area contributed by atoms with E-state index in [1.165, 1.54) is 0 Å². The summed E-state index contributed by atoms with van der Waals surface area (Å²) in [6, 6.07) is 19.9. The fourth-order valence-electron chi connectivity index (χ4n) is 3.08. The van der Waals surface area contributed by atoms with Crippen molar-refractivity contribution in [2.24, 2.45) is 0 Å². The molecule has 2 aromatic carbocycles. The minimum Gasteiger partial charge on any atom is -0.410 e. The molecule has 6 nitrogen and oxygen atoms in total. The zero-order valence-electron chi connectivity index (χ0n) is 18.3. The molecule has 3 rings (SSSR count). The van der Waals surface area contributed by atoms with Crippen molar-refractivity contribution in [3.63, 3.8) is 0 Å². The number of hydrogen-bond acceptors (Lipinski definition) is 4. The Hall–Kier alpha value is -2.94. The van der Waals surface area contributed by atoms with Crippen molar-refractivity contribution >= 4 is 40.3 Å². The maximum Gasteiger partial charge on any atom is 0.415 e. The van der Waals surface area contributed by atoms with E-state index in [2.05, 4.69) is 32.9 Å². The molecule has 0 aliphatic carbocycles. The number of amides is 2. The van der Waals surface area contributed by atoms with E-state index in [1.807, 2.05) is 57.2 Å². The number of benzene rings is 2. The monoisotopic (exact) mass is 543 g/mol. The molecule has 1 heterocycles. The van der Waals surface area contributed by atoms with Crippen LogP contribution in [0.4, 0.5) is 10.5 Å². The first-order valence-electron chi connectivity index (χ1n) is 10.3. The van der Waals surface area contributed by atoms with Gasteiger partial charge in [-0.25, -0.2) is 4.79 Å². The molecule has 0 radical (unpaired) electrons. The van der Waals surface area contributed by atoms with Crippen LogP contribution in [0.25, 0.3) is 0 Å². The highest BCUT2D eigenvalue weighted by Crippen LogP contribution is 2.21. The summed E-state index contributed by atoms with van der Waals surface area (Å²) in [5, 5.41) is 2.86. The van der Waals surface area contributed by atoms with E-state index in [0.717, 1.165) is 9.26 Å². The Morgan fingerprint density at radius 3 is 2.31 bits per heavy atom. The summed E-state index contributed by atoms with van der Waals surface area (Å²) >= 11 is 2.13. The van der Waals surface area contributed by atoms with Gasteiger partial charge < -0.3 is 15.0 Å².